The molecule has 1 N–H and O–H groups in total. The summed E-state index contributed by atoms with van der Waals surface area (Å²) in [7, 11) is 0. The first-order chi connectivity index (χ1) is 13.3. The van der Waals surface area contributed by atoms with Crippen LogP contribution in [0.15, 0.2) is 123 Å². The van der Waals surface area contributed by atoms with Gasteiger partial charge in [-0.05, 0) is 48.0 Å². The number of hydrogen-bond acceptors (Lipinski definition) is 5. The van der Waals surface area contributed by atoms with Crippen molar-refractivity contribution >= 4 is 17.1 Å². The normalized spacial score (nSPS) is 21.3. The molecule has 0 aromatic heterocycles. The number of fused-ring (bicyclic) bond motifs is 1. The maximum Gasteiger partial charge on any atom is 0.138 e. The molecule has 0 spiro atoms. The Balaban J connectivity index is 1.46. The van der Waals surface area contributed by atoms with Crippen LogP contribution in [0, 0.1) is 5.92 Å². The Morgan fingerprint density at radius 1 is 0.704 bits per heavy atom. The molecule has 132 valence electrons. The van der Waals surface area contributed by atoms with Gasteiger partial charge in [0.15, 0.2) is 0 Å². The molecule has 2 aliphatic carbocycles. The van der Waals surface area contributed by atoms with E-state index < -0.39 is 6.04 Å². The number of rotatable bonds is 4. The smallest absolute Gasteiger partial charge is 0.138 e. The highest BCUT2D eigenvalue weighted by Gasteiger charge is 2.28. The molecule has 0 fully saturated rings. The van der Waals surface area contributed by atoms with E-state index in [1.807, 2.05) is 85.0 Å². The molecule has 2 aromatic carbocycles. The predicted octanol–water partition coefficient (Wildman–Crippen LogP) is 6.68. The van der Waals surface area contributed by atoms with Crippen molar-refractivity contribution in [3.8, 4) is 0 Å². The van der Waals surface area contributed by atoms with Gasteiger partial charge in [0.1, 0.15) is 11.8 Å². The second-order valence-electron chi connectivity index (χ2n) is 6.24. The minimum atomic E-state index is -0.399. The van der Waals surface area contributed by atoms with E-state index in [1.165, 1.54) is 0 Å². The highest BCUT2D eigenvalue weighted by atomic mass is 16.3. The highest BCUT2D eigenvalue weighted by Crippen LogP contribution is 2.32. The third-order valence-corrected chi connectivity index (χ3v) is 4.38. The number of azo groups is 2. The van der Waals surface area contributed by atoms with Crippen LogP contribution in [0.1, 0.15) is 0 Å². The molecule has 4 rings (SSSR count). The van der Waals surface area contributed by atoms with Gasteiger partial charge in [-0.2, -0.15) is 20.5 Å². The minimum Gasteiger partial charge on any atom is -0.510 e. The molecule has 2 aromatic rings. The van der Waals surface area contributed by atoms with Gasteiger partial charge in [-0.1, -0.05) is 48.6 Å². The lowest BCUT2D eigenvalue weighted by molar-refractivity contribution is 0.341. The van der Waals surface area contributed by atoms with Gasteiger partial charge < -0.3 is 5.11 Å². The summed E-state index contributed by atoms with van der Waals surface area (Å²) in [5.74, 6) is 0.239. The molecule has 0 radical (unpaired) electrons. The van der Waals surface area contributed by atoms with E-state index in [-0.39, 0.29) is 11.7 Å². The average molecular weight is 354 g/mol. The second kappa shape index (κ2) is 7.74. The molecule has 0 saturated heterocycles. The standard InChI is InChI=1S/C22H18N4O/c27-21-15-10-16-6-4-5-9-20(16)22(21)26-25-19-13-11-18(12-14-19)24-23-17-7-2-1-3-8-17/h1-15,20,22,27H. The van der Waals surface area contributed by atoms with Gasteiger partial charge in [-0.15, -0.1) is 0 Å². The minimum absolute atomic E-state index is 0.0164. The molecule has 2 atom stereocenters. The summed E-state index contributed by atoms with van der Waals surface area (Å²) in [6.07, 6.45) is 11.6. The highest BCUT2D eigenvalue weighted by molar-refractivity contribution is 5.48. The fraction of sp³-hybridized carbons (Fsp3) is 0.0909. The Morgan fingerprint density at radius 3 is 2.11 bits per heavy atom. The van der Waals surface area contributed by atoms with Gasteiger partial charge in [0.05, 0.1) is 17.1 Å². The van der Waals surface area contributed by atoms with Crippen molar-refractivity contribution in [3.63, 3.8) is 0 Å². The van der Waals surface area contributed by atoms with E-state index in [0.29, 0.717) is 5.69 Å². The quantitative estimate of drug-likeness (QED) is 0.611. The maximum atomic E-state index is 10.2. The third kappa shape index (κ3) is 3.98. The first-order valence-corrected chi connectivity index (χ1v) is 8.73. The molecular weight excluding hydrogens is 336 g/mol. The molecule has 2 unspecified atom stereocenters. The number of benzene rings is 2. The number of hydrogen-bond donors (Lipinski definition) is 1. The van der Waals surface area contributed by atoms with Gasteiger partial charge in [0.25, 0.3) is 0 Å². The second-order valence-corrected chi connectivity index (χ2v) is 6.24. The molecule has 0 aliphatic heterocycles. The van der Waals surface area contributed by atoms with Crippen molar-refractivity contribution in [2.45, 2.75) is 6.04 Å². The third-order valence-electron chi connectivity index (χ3n) is 4.38. The SMILES string of the molecule is OC1=CC=C2C=CC=CC2C1N=Nc1ccc(N=Nc2ccccc2)cc1. The van der Waals surface area contributed by atoms with E-state index in [0.717, 1.165) is 16.9 Å². The average Bonchev–Trinajstić information content (AvgIpc) is 2.73. The van der Waals surface area contributed by atoms with Gasteiger partial charge in [0, 0.05) is 5.92 Å². The molecule has 0 amide bonds. The Bertz CT molecular complexity index is 983. The lowest BCUT2D eigenvalue weighted by atomic mass is 9.84. The Hall–Kier alpha value is -3.60. The summed E-state index contributed by atoms with van der Waals surface area (Å²) in [4.78, 5) is 0. The van der Waals surface area contributed by atoms with E-state index >= 15 is 0 Å². The fourth-order valence-corrected chi connectivity index (χ4v) is 2.95. The van der Waals surface area contributed by atoms with Gasteiger partial charge in [-0.3, -0.25) is 0 Å². The Morgan fingerprint density at radius 2 is 1.37 bits per heavy atom. The first-order valence-electron chi connectivity index (χ1n) is 8.73. The van der Waals surface area contributed by atoms with Crippen LogP contribution in [0.2, 0.25) is 0 Å². The van der Waals surface area contributed by atoms with Crippen LogP contribution in [-0.4, -0.2) is 11.1 Å². The molecule has 0 bridgehead atoms. The summed E-state index contributed by atoms with van der Waals surface area (Å²) < 4.78 is 0. The maximum absolute atomic E-state index is 10.2. The zero-order valence-corrected chi connectivity index (χ0v) is 14.6. The van der Waals surface area contributed by atoms with Crippen molar-refractivity contribution in [1.82, 2.24) is 0 Å². The van der Waals surface area contributed by atoms with E-state index in [1.54, 1.807) is 6.08 Å². The molecule has 0 saturated carbocycles. The van der Waals surface area contributed by atoms with Crippen molar-refractivity contribution in [3.05, 3.63) is 102 Å². The summed E-state index contributed by atoms with van der Waals surface area (Å²) in [5.41, 5.74) is 3.37. The topological polar surface area (TPSA) is 69.7 Å². The van der Waals surface area contributed by atoms with Crippen LogP contribution in [-0.2, 0) is 0 Å². The van der Waals surface area contributed by atoms with Crippen molar-refractivity contribution in [1.29, 1.82) is 0 Å². The number of allylic oxidation sites excluding steroid dienone is 5. The van der Waals surface area contributed by atoms with Crippen LogP contribution in [0.3, 0.4) is 0 Å². The van der Waals surface area contributed by atoms with E-state index in [9.17, 15) is 5.11 Å². The van der Waals surface area contributed by atoms with Crippen LogP contribution < -0.4 is 0 Å². The van der Waals surface area contributed by atoms with Crippen LogP contribution in [0.25, 0.3) is 0 Å². The fourth-order valence-electron chi connectivity index (χ4n) is 2.95. The molecule has 2 aliphatic rings. The predicted molar refractivity (Wildman–Crippen MR) is 106 cm³/mol. The summed E-state index contributed by atoms with van der Waals surface area (Å²) >= 11 is 0. The van der Waals surface area contributed by atoms with Gasteiger partial charge in [0.2, 0.25) is 0 Å². The van der Waals surface area contributed by atoms with Crippen molar-refractivity contribution < 1.29 is 5.11 Å². The molecule has 5 heteroatoms. The summed E-state index contributed by atoms with van der Waals surface area (Å²) in [5, 5.41) is 27.3. The van der Waals surface area contributed by atoms with Crippen molar-refractivity contribution in [2.75, 3.05) is 0 Å². The molecule has 27 heavy (non-hydrogen) atoms. The summed E-state index contributed by atoms with van der Waals surface area (Å²) in [6.45, 7) is 0. The van der Waals surface area contributed by atoms with Crippen LogP contribution in [0.5, 0.6) is 0 Å². The van der Waals surface area contributed by atoms with Crippen molar-refractivity contribution in [2.24, 2.45) is 26.4 Å². The lowest BCUT2D eigenvalue weighted by Gasteiger charge is -2.25. The van der Waals surface area contributed by atoms with Crippen LogP contribution in [0.4, 0.5) is 17.1 Å². The lowest BCUT2D eigenvalue weighted by Crippen LogP contribution is -2.24. The number of aliphatic hydroxyl groups is 1. The van der Waals surface area contributed by atoms with Gasteiger partial charge >= 0.3 is 0 Å². The van der Waals surface area contributed by atoms with E-state index in [2.05, 4.69) is 20.5 Å². The number of nitrogens with zero attached hydrogens (tertiary/aromatic N) is 4. The van der Waals surface area contributed by atoms with Crippen LogP contribution >= 0.6 is 0 Å². The van der Waals surface area contributed by atoms with E-state index in [4.69, 9.17) is 0 Å². The Labute approximate surface area is 157 Å². The Kier molecular flexibility index (Phi) is 4.83. The first kappa shape index (κ1) is 16.8. The van der Waals surface area contributed by atoms with Gasteiger partial charge in [-0.25, -0.2) is 0 Å². The monoisotopic (exact) mass is 354 g/mol. The largest absolute Gasteiger partial charge is 0.510 e. The zero-order valence-electron chi connectivity index (χ0n) is 14.6. The molecular formula is C22H18N4O. The zero-order chi connectivity index (χ0) is 18.5. The summed E-state index contributed by atoms with van der Waals surface area (Å²) in [6, 6.07) is 16.5. The number of aliphatic hydroxyl groups excluding tert-OH is 1. The molecule has 0 heterocycles. The molecule has 5 nitrogen and oxygen atoms in total.